The number of fused-ring (bicyclic) bond motifs is 1. The number of carbonyl (C=O) groups excluding carboxylic acids is 1. The second kappa shape index (κ2) is 6.79. The van der Waals surface area contributed by atoms with Crippen LogP contribution in [0.2, 0.25) is 0 Å². The monoisotopic (exact) mass is 347 g/mol. The summed E-state index contributed by atoms with van der Waals surface area (Å²) in [6.45, 7) is 2.53. The third-order valence-electron chi connectivity index (χ3n) is 3.96. The van der Waals surface area contributed by atoms with Crippen LogP contribution in [0.5, 0.6) is 0 Å². The van der Waals surface area contributed by atoms with E-state index in [1.807, 2.05) is 42.6 Å². The number of esters is 1. The third kappa shape index (κ3) is 2.95. The minimum Gasteiger partial charge on any atom is -0.461 e. The summed E-state index contributed by atoms with van der Waals surface area (Å²) >= 11 is 0. The van der Waals surface area contributed by atoms with Crippen LogP contribution in [0, 0.1) is 0 Å². The molecule has 0 aliphatic heterocycles. The molecule has 0 aliphatic carbocycles. The van der Waals surface area contributed by atoms with Crippen LogP contribution in [0.3, 0.4) is 0 Å². The molecule has 7 heteroatoms. The number of rotatable bonds is 5. The molecule has 1 aromatic carbocycles. The molecule has 3 aromatic heterocycles. The van der Waals surface area contributed by atoms with E-state index in [1.165, 1.54) is 0 Å². The van der Waals surface area contributed by atoms with Gasteiger partial charge in [0.25, 0.3) is 0 Å². The number of pyridine rings is 1. The van der Waals surface area contributed by atoms with Crippen LogP contribution >= 0.6 is 0 Å². The van der Waals surface area contributed by atoms with Gasteiger partial charge in [-0.3, -0.25) is 0 Å². The quantitative estimate of drug-likeness (QED) is 0.519. The van der Waals surface area contributed by atoms with Crippen LogP contribution in [-0.4, -0.2) is 37.1 Å². The summed E-state index contributed by atoms with van der Waals surface area (Å²) in [7, 11) is 0. The molecular weight excluding hydrogens is 330 g/mol. The Morgan fingerprint density at radius 2 is 2.00 bits per heavy atom. The summed E-state index contributed by atoms with van der Waals surface area (Å²) in [6, 6.07) is 13.5. The molecule has 0 bridgehead atoms. The first-order chi connectivity index (χ1) is 12.8. The summed E-state index contributed by atoms with van der Waals surface area (Å²) in [5.74, 6) is -0.441. The van der Waals surface area contributed by atoms with Crippen LogP contribution in [0.15, 0.2) is 61.1 Å². The highest BCUT2D eigenvalue weighted by Gasteiger charge is 2.19. The van der Waals surface area contributed by atoms with E-state index >= 15 is 0 Å². The Morgan fingerprint density at radius 1 is 1.15 bits per heavy atom. The van der Waals surface area contributed by atoms with E-state index < -0.39 is 5.97 Å². The summed E-state index contributed by atoms with van der Waals surface area (Å²) in [5.41, 5.74) is 2.86. The van der Waals surface area contributed by atoms with E-state index in [0.717, 1.165) is 11.3 Å². The second-order valence-corrected chi connectivity index (χ2v) is 5.73. The fraction of sp³-hybridized carbons (Fsp3) is 0.158. The van der Waals surface area contributed by atoms with Gasteiger partial charge in [0.15, 0.2) is 11.3 Å². The van der Waals surface area contributed by atoms with Crippen molar-refractivity contribution in [3.63, 3.8) is 0 Å². The largest absolute Gasteiger partial charge is 0.461 e. The lowest BCUT2D eigenvalue weighted by molar-refractivity contribution is 0.0520. The number of nitrogens with zero attached hydrogens (tertiary/aromatic N) is 5. The molecule has 7 nitrogen and oxygen atoms in total. The van der Waals surface area contributed by atoms with Gasteiger partial charge in [-0.1, -0.05) is 18.2 Å². The van der Waals surface area contributed by atoms with Gasteiger partial charge in [-0.2, -0.15) is 10.2 Å². The van der Waals surface area contributed by atoms with Crippen molar-refractivity contribution in [2.24, 2.45) is 0 Å². The van der Waals surface area contributed by atoms with Crippen LogP contribution < -0.4 is 0 Å². The Kier molecular flexibility index (Phi) is 4.18. The van der Waals surface area contributed by atoms with Crippen molar-refractivity contribution in [2.75, 3.05) is 6.61 Å². The van der Waals surface area contributed by atoms with Gasteiger partial charge in [0.2, 0.25) is 0 Å². The van der Waals surface area contributed by atoms with E-state index in [9.17, 15) is 4.79 Å². The van der Waals surface area contributed by atoms with Gasteiger partial charge in [0.05, 0.1) is 30.4 Å². The van der Waals surface area contributed by atoms with Crippen molar-refractivity contribution >= 4 is 17.0 Å². The second-order valence-electron chi connectivity index (χ2n) is 5.73. The smallest absolute Gasteiger partial charge is 0.359 e. The van der Waals surface area contributed by atoms with Crippen LogP contribution in [0.4, 0.5) is 0 Å². The highest BCUT2D eigenvalue weighted by Crippen LogP contribution is 2.19. The molecule has 0 unspecified atom stereocenters. The number of ether oxygens (including phenoxy) is 1. The zero-order valence-corrected chi connectivity index (χ0v) is 14.2. The van der Waals surface area contributed by atoms with Crippen molar-refractivity contribution in [1.82, 2.24) is 24.5 Å². The molecule has 0 amide bonds. The summed E-state index contributed by atoms with van der Waals surface area (Å²) in [5, 5.41) is 9.51. The molecule has 3 heterocycles. The Bertz CT molecular complexity index is 1050. The molecular formula is C19H17N5O2. The lowest BCUT2D eigenvalue weighted by atomic mass is 10.2. The topological polar surface area (TPSA) is 74.8 Å². The predicted molar refractivity (Wildman–Crippen MR) is 96.2 cm³/mol. The molecule has 0 N–H and O–H groups in total. The van der Waals surface area contributed by atoms with E-state index in [4.69, 9.17) is 4.74 Å². The van der Waals surface area contributed by atoms with Gasteiger partial charge < -0.3 is 4.74 Å². The zero-order valence-electron chi connectivity index (χ0n) is 14.2. The van der Waals surface area contributed by atoms with Gasteiger partial charge in [-0.25, -0.2) is 19.1 Å². The number of benzene rings is 1. The van der Waals surface area contributed by atoms with E-state index in [1.54, 1.807) is 34.7 Å². The predicted octanol–water partition coefficient (Wildman–Crippen LogP) is 2.84. The number of para-hydroxylation sites is 1. The molecule has 4 rings (SSSR count). The lowest BCUT2D eigenvalue weighted by Gasteiger charge is -2.01. The number of hydrogen-bond acceptors (Lipinski definition) is 5. The molecule has 4 aromatic rings. The number of hydrogen-bond donors (Lipinski definition) is 0. The van der Waals surface area contributed by atoms with Crippen molar-refractivity contribution in [3.05, 3.63) is 72.3 Å². The molecule has 26 heavy (non-hydrogen) atoms. The van der Waals surface area contributed by atoms with Crippen LogP contribution in [0.1, 0.15) is 23.0 Å². The Hall–Kier alpha value is -3.48. The van der Waals surface area contributed by atoms with E-state index in [2.05, 4.69) is 15.2 Å². The normalized spacial score (nSPS) is 11.0. The molecule has 0 aliphatic rings. The first-order valence-electron chi connectivity index (χ1n) is 8.34. The van der Waals surface area contributed by atoms with Crippen molar-refractivity contribution in [2.45, 2.75) is 13.5 Å². The fourth-order valence-corrected chi connectivity index (χ4v) is 2.81. The summed E-state index contributed by atoms with van der Waals surface area (Å²) in [6.07, 6.45) is 5.41. The van der Waals surface area contributed by atoms with Gasteiger partial charge in [0, 0.05) is 18.0 Å². The minimum absolute atomic E-state index is 0.283. The molecule has 0 saturated carbocycles. The zero-order chi connectivity index (χ0) is 17.9. The minimum atomic E-state index is -0.441. The van der Waals surface area contributed by atoms with Gasteiger partial charge in [-0.15, -0.1) is 0 Å². The maximum absolute atomic E-state index is 12.2. The molecule has 0 atom stereocenters. The summed E-state index contributed by atoms with van der Waals surface area (Å²) in [4.78, 5) is 16.5. The van der Waals surface area contributed by atoms with E-state index in [-0.39, 0.29) is 5.69 Å². The maximum Gasteiger partial charge on any atom is 0.359 e. The molecule has 0 radical (unpaired) electrons. The van der Waals surface area contributed by atoms with Crippen molar-refractivity contribution in [1.29, 1.82) is 0 Å². The number of carbonyl (C=O) groups is 1. The number of aromatic nitrogens is 5. The maximum atomic E-state index is 12.2. The van der Waals surface area contributed by atoms with Crippen molar-refractivity contribution in [3.8, 4) is 5.69 Å². The third-order valence-corrected chi connectivity index (χ3v) is 3.96. The first-order valence-corrected chi connectivity index (χ1v) is 8.34. The van der Waals surface area contributed by atoms with Gasteiger partial charge in [-0.05, 0) is 31.2 Å². The van der Waals surface area contributed by atoms with Gasteiger partial charge >= 0.3 is 5.97 Å². The van der Waals surface area contributed by atoms with Crippen LogP contribution in [0.25, 0.3) is 16.7 Å². The summed E-state index contributed by atoms with van der Waals surface area (Å²) < 4.78 is 8.61. The fourth-order valence-electron chi connectivity index (χ4n) is 2.81. The molecule has 0 fully saturated rings. The highest BCUT2D eigenvalue weighted by molar-refractivity contribution is 6.01. The van der Waals surface area contributed by atoms with Crippen LogP contribution in [-0.2, 0) is 11.3 Å². The highest BCUT2D eigenvalue weighted by atomic mass is 16.5. The Morgan fingerprint density at radius 3 is 2.81 bits per heavy atom. The molecule has 130 valence electrons. The first kappa shape index (κ1) is 16.0. The average molecular weight is 347 g/mol. The Labute approximate surface area is 149 Å². The van der Waals surface area contributed by atoms with Crippen molar-refractivity contribution < 1.29 is 9.53 Å². The molecule has 0 saturated heterocycles. The lowest BCUT2D eigenvalue weighted by Crippen LogP contribution is -2.08. The SMILES string of the molecule is CCOC(=O)c1nn(Cc2cnn(-c3ccccc3)c2)c2ncccc12. The van der Waals surface area contributed by atoms with Gasteiger partial charge in [0.1, 0.15) is 0 Å². The van der Waals surface area contributed by atoms with E-state index in [0.29, 0.717) is 24.2 Å². The average Bonchev–Trinajstić information content (AvgIpc) is 3.29. The molecule has 0 spiro atoms. The Balaban J connectivity index is 1.68. The standard InChI is InChI=1S/C19H17N5O2/c1-2-26-19(25)17-16-9-6-10-20-18(16)24(22-17)13-14-11-21-23(12-14)15-7-4-3-5-8-15/h3-12H,2,13H2,1H3.